The molecular formula is C24H22N2O2. The third-order valence-corrected chi connectivity index (χ3v) is 5.06. The number of aromatic nitrogens is 1. The minimum absolute atomic E-state index is 0.0561. The molecule has 0 fully saturated rings. The number of hydrogen-bond acceptors (Lipinski definition) is 3. The molecule has 0 aliphatic carbocycles. The molecule has 4 rings (SSSR count). The van der Waals surface area contributed by atoms with Crippen LogP contribution >= 0.6 is 0 Å². The van der Waals surface area contributed by atoms with E-state index in [2.05, 4.69) is 40.6 Å². The van der Waals surface area contributed by atoms with Gasteiger partial charge in [-0.05, 0) is 58.9 Å². The lowest BCUT2D eigenvalue weighted by molar-refractivity contribution is -0.118. The quantitative estimate of drug-likeness (QED) is 0.671. The Balaban J connectivity index is 1.31. The summed E-state index contributed by atoms with van der Waals surface area (Å²) in [7, 11) is 0. The van der Waals surface area contributed by atoms with Gasteiger partial charge >= 0.3 is 0 Å². The number of anilines is 1. The maximum Gasteiger partial charge on any atom is 0.228 e. The summed E-state index contributed by atoms with van der Waals surface area (Å²) in [6.07, 6.45) is 6.71. The van der Waals surface area contributed by atoms with Crippen LogP contribution in [0.2, 0.25) is 0 Å². The first-order valence-corrected chi connectivity index (χ1v) is 9.60. The molecular weight excluding hydrogens is 348 g/mol. The number of aryl methyl sites for hydroxylation is 1. The van der Waals surface area contributed by atoms with Gasteiger partial charge in [0.2, 0.25) is 5.91 Å². The Morgan fingerprint density at radius 2 is 1.82 bits per heavy atom. The normalized spacial score (nSPS) is 12.5. The summed E-state index contributed by atoms with van der Waals surface area (Å²) in [6, 6.07) is 18.4. The lowest BCUT2D eigenvalue weighted by atomic mass is 9.98. The van der Waals surface area contributed by atoms with Crippen LogP contribution in [0.1, 0.15) is 29.5 Å². The summed E-state index contributed by atoms with van der Waals surface area (Å²) in [6.45, 7) is 0. The molecule has 1 aliphatic heterocycles. The zero-order valence-electron chi connectivity index (χ0n) is 15.7. The first-order valence-electron chi connectivity index (χ1n) is 9.60. The number of carbonyl (C=O) groups excluding carboxylic acids is 2. The number of pyridine rings is 1. The molecule has 1 aliphatic rings. The van der Waals surface area contributed by atoms with Crippen molar-refractivity contribution in [3.05, 3.63) is 83.7 Å². The van der Waals surface area contributed by atoms with E-state index in [-0.39, 0.29) is 11.7 Å². The Kier molecular flexibility index (Phi) is 5.29. The van der Waals surface area contributed by atoms with Gasteiger partial charge in [0, 0.05) is 30.9 Å². The molecule has 140 valence electrons. The van der Waals surface area contributed by atoms with E-state index in [0.717, 1.165) is 40.8 Å². The molecule has 0 spiro atoms. The Morgan fingerprint density at radius 1 is 1.00 bits per heavy atom. The number of fused-ring (bicyclic) bond motifs is 1. The number of rotatable bonds is 7. The number of Topliss-reactive ketones (excluding diaryl/α,β-unsaturated/α-hetero) is 1. The molecule has 0 saturated carbocycles. The van der Waals surface area contributed by atoms with E-state index in [1.807, 2.05) is 24.3 Å². The molecule has 3 aromatic rings. The second-order valence-corrected chi connectivity index (χ2v) is 7.22. The number of amides is 1. The van der Waals surface area contributed by atoms with Gasteiger partial charge in [-0.1, -0.05) is 36.4 Å². The van der Waals surface area contributed by atoms with Crippen molar-refractivity contribution in [3.8, 4) is 11.1 Å². The van der Waals surface area contributed by atoms with Crippen molar-refractivity contribution in [1.82, 2.24) is 4.98 Å². The molecule has 1 amide bonds. The second kappa shape index (κ2) is 8.17. The van der Waals surface area contributed by atoms with Gasteiger partial charge < -0.3 is 5.32 Å². The summed E-state index contributed by atoms with van der Waals surface area (Å²) in [5.41, 5.74) is 6.44. The standard InChI is InChI=1S/C24H22N2O2/c27-22(13-18-4-2-12-25-16-18)5-1-3-17-6-8-19(9-7-17)20-10-11-23-21(14-20)15-24(28)26-23/h2,4,6-12,14,16H,1,3,5,13,15H2,(H,26,28). The number of benzene rings is 2. The van der Waals surface area contributed by atoms with Gasteiger partial charge in [0.25, 0.3) is 0 Å². The average Bonchev–Trinajstić information content (AvgIpc) is 3.08. The van der Waals surface area contributed by atoms with Crippen LogP contribution in [-0.4, -0.2) is 16.7 Å². The number of nitrogens with one attached hydrogen (secondary N) is 1. The number of nitrogens with zero attached hydrogens (tertiary/aromatic N) is 1. The predicted molar refractivity (Wildman–Crippen MR) is 110 cm³/mol. The molecule has 0 bridgehead atoms. The summed E-state index contributed by atoms with van der Waals surface area (Å²) >= 11 is 0. The lowest BCUT2D eigenvalue weighted by Crippen LogP contribution is -2.03. The Bertz CT molecular complexity index is 995. The highest BCUT2D eigenvalue weighted by atomic mass is 16.1. The third-order valence-electron chi connectivity index (χ3n) is 5.06. The third kappa shape index (κ3) is 4.34. The van der Waals surface area contributed by atoms with E-state index in [1.54, 1.807) is 12.4 Å². The van der Waals surface area contributed by atoms with Gasteiger partial charge in [0.15, 0.2) is 0 Å². The van der Waals surface area contributed by atoms with Crippen LogP contribution in [0.4, 0.5) is 5.69 Å². The first-order chi connectivity index (χ1) is 13.7. The van der Waals surface area contributed by atoms with Crippen LogP contribution < -0.4 is 5.32 Å². The van der Waals surface area contributed by atoms with E-state index in [1.165, 1.54) is 5.56 Å². The highest BCUT2D eigenvalue weighted by Crippen LogP contribution is 2.29. The molecule has 0 unspecified atom stereocenters. The molecule has 1 N–H and O–H groups in total. The summed E-state index contributed by atoms with van der Waals surface area (Å²) in [5.74, 6) is 0.312. The van der Waals surface area contributed by atoms with Crippen molar-refractivity contribution in [3.63, 3.8) is 0 Å². The van der Waals surface area contributed by atoms with E-state index in [4.69, 9.17) is 0 Å². The van der Waals surface area contributed by atoms with E-state index < -0.39 is 0 Å². The van der Waals surface area contributed by atoms with E-state index in [0.29, 0.717) is 19.3 Å². The fourth-order valence-corrected chi connectivity index (χ4v) is 3.58. The molecule has 2 heterocycles. The summed E-state index contributed by atoms with van der Waals surface area (Å²) in [5, 5.41) is 2.86. The van der Waals surface area contributed by atoms with Gasteiger partial charge in [0.05, 0.1) is 6.42 Å². The van der Waals surface area contributed by atoms with E-state index >= 15 is 0 Å². The molecule has 0 radical (unpaired) electrons. The Hall–Kier alpha value is -3.27. The average molecular weight is 370 g/mol. The summed E-state index contributed by atoms with van der Waals surface area (Å²) in [4.78, 5) is 27.7. The van der Waals surface area contributed by atoms with Gasteiger partial charge in [-0.15, -0.1) is 0 Å². The fourth-order valence-electron chi connectivity index (χ4n) is 3.58. The van der Waals surface area contributed by atoms with E-state index in [9.17, 15) is 9.59 Å². The highest BCUT2D eigenvalue weighted by molar-refractivity contribution is 5.99. The van der Waals surface area contributed by atoms with Gasteiger partial charge in [-0.2, -0.15) is 0 Å². The molecule has 0 saturated heterocycles. The van der Waals surface area contributed by atoms with Gasteiger partial charge in [0.1, 0.15) is 5.78 Å². The first kappa shape index (κ1) is 18.1. The van der Waals surface area contributed by atoms with Gasteiger partial charge in [-0.3, -0.25) is 14.6 Å². The van der Waals surface area contributed by atoms with Crippen molar-refractivity contribution in [2.24, 2.45) is 0 Å². The van der Waals surface area contributed by atoms with Crippen molar-refractivity contribution >= 4 is 17.4 Å². The van der Waals surface area contributed by atoms with Crippen LogP contribution in [0.25, 0.3) is 11.1 Å². The fraction of sp³-hybridized carbons (Fsp3) is 0.208. The number of carbonyl (C=O) groups is 2. The topological polar surface area (TPSA) is 59.1 Å². The Morgan fingerprint density at radius 3 is 2.61 bits per heavy atom. The Labute approximate surface area is 164 Å². The molecule has 0 atom stereocenters. The molecule has 1 aromatic heterocycles. The lowest BCUT2D eigenvalue weighted by Gasteiger charge is -2.07. The molecule has 4 heteroatoms. The molecule has 2 aromatic carbocycles. The van der Waals surface area contributed by atoms with Crippen molar-refractivity contribution in [2.75, 3.05) is 5.32 Å². The van der Waals surface area contributed by atoms with Crippen LogP contribution in [0.15, 0.2) is 67.0 Å². The minimum atomic E-state index is 0.0561. The largest absolute Gasteiger partial charge is 0.326 e. The van der Waals surface area contributed by atoms with Gasteiger partial charge in [-0.25, -0.2) is 0 Å². The van der Waals surface area contributed by atoms with Crippen LogP contribution in [-0.2, 0) is 28.9 Å². The SMILES string of the molecule is O=C(CCCc1ccc(-c2ccc3c(c2)CC(=O)N3)cc1)Cc1cccnc1. The highest BCUT2D eigenvalue weighted by Gasteiger charge is 2.17. The second-order valence-electron chi connectivity index (χ2n) is 7.22. The minimum Gasteiger partial charge on any atom is -0.326 e. The maximum absolute atomic E-state index is 12.1. The van der Waals surface area contributed by atoms with Crippen molar-refractivity contribution < 1.29 is 9.59 Å². The van der Waals surface area contributed by atoms with Crippen molar-refractivity contribution in [1.29, 1.82) is 0 Å². The zero-order valence-corrected chi connectivity index (χ0v) is 15.7. The molecule has 4 nitrogen and oxygen atoms in total. The summed E-state index contributed by atoms with van der Waals surface area (Å²) < 4.78 is 0. The zero-order chi connectivity index (χ0) is 19.3. The predicted octanol–water partition coefficient (Wildman–Crippen LogP) is 4.38. The van der Waals surface area contributed by atoms with Crippen molar-refractivity contribution in [2.45, 2.75) is 32.1 Å². The smallest absolute Gasteiger partial charge is 0.228 e. The number of hydrogen-bond donors (Lipinski definition) is 1. The van der Waals surface area contributed by atoms with Crippen LogP contribution in [0.3, 0.4) is 0 Å². The van der Waals surface area contributed by atoms with Crippen LogP contribution in [0.5, 0.6) is 0 Å². The maximum atomic E-state index is 12.1. The van der Waals surface area contributed by atoms with Crippen LogP contribution in [0, 0.1) is 0 Å². The molecule has 28 heavy (non-hydrogen) atoms. The monoisotopic (exact) mass is 370 g/mol. The number of ketones is 1.